The molecule has 10 heavy (non-hydrogen) atoms. The highest BCUT2D eigenvalue weighted by Gasteiger charge is 2.18. The van der Waals surface area contributed by atoms with Crippen LogP contribution in [0.4, 0.5) is 0 Å². The third-order valence-electron chi connectivity index (χ3n) is 1.98. The Morgan fingerprint density at radius 3 is 2.80 bits per heavy atom. The SMILES string of the molecule is [B]N1C[C@H](CC)N[C@@H](C)C1. The van der Waals surface area contributed by atoms with Gasteiger partial charge in [-0.05, 0) is 13.3 Å². The summed E-state index contributed by atoms with van der Waals surface area (Å²) in [5.74, 6) is 0. The van der Waals surface area contributed by atoms with E-state index >= 15 is 0 Å². The number of nitrogens with zero attached hydrogens (tertiary/aromatic N) is 1. The number of nitrogens with one attached hydrogen (secondary N) is 1. The zero-order valence-electron chi connectivity index (χ0n) is 6.80. The molecular formula is C7H15BN2. The summed E-state index contributed by atoms with van der Waals surface area (Å²) < 4.78 is 0. The number of hydrogen-bond donors (Lipinski definition) is 1. The summed E-state index contributed by atoms with van der Waals surface area (Å²) in [5.41, 5.74) is 0. The molecule has 0 aliphatic carbocycles. The Hall–Kier alpha value is -0.0151. The Balaban J connectivity index is 2.35. The third kappa shape index (κ3) is 1.99. The van der Waals surface area contributed by atoms with Crippen LogP contribution in [0.15, 0.2) is 0 Å². The van der Waals surface area contributed by atoms with Gasteiger partial charge in [0.05, 0.1) is 0 Å². The lowest BCUT2D eigenvalue weighted by atomic mass is 10.1. The molecule has 0 spiro atoms. The maximum absolute atomic E-state index is 5.68. The average Bonchev–Trinajstić information content (AvgIpc) is 1.85. The molecule has 0 aromatic rings. The second-order valence-corrected chi connectivity index (χ2v) is 3.13. The lowest BCUT2D eigenvalue weighted by molar-refractivity contribution is 0.256. The summed E-state index contributed by atoms with van der Waals surface area (Å²) in [4.78, 5) is 1.90. The number of piperazine rings is 1. The van der Waals surface area contributed by atoms with Crippen molar-refractivity contribution < 1.29 is 0 Å². The maximum atomic E-state index is 5.68. The highest BCUT2D eigenvalue weighted by molar-refractivity contribution is 6.04. The van der Waals surface area contributed by atoms with E-state index in [2.05, 4.69) is 19.2 Å². The van der Waals surface area contributed by atoms with E-state index in [0.29, 0.717) is 12.1 Å². The van der Waals surface area contributed by atoms with Crippen molar-refractivity contribution in [3.05, 3.63) is 0 Å². The van der Waals surface area contributed by atoms with Crippen LogP contribution < -0.4 is 5.32 Å². The highest BCUT2D eigenvalue weighted by Crippen LogP contribution is 2.03. The van der Waals surface area contributed by atoms with Crippen LogP contribution in [0.5, 0.6) is 0 Å². The summed E-state index contributed by atoms with van der Waals surface area (Å²) >= 11 is 0. The molecule has 0 aromatic carbocycles. The van der Waals surface area contributed by atoms with Gasteiger partial charge in [0.2, 0.25) is 0 Å². The van der Waals surface area contributed by atoms with E-state index < -0.39 is 0 Å². The quantitative estimate of drug-likeness (QED) is 0.518. The summed E-state index contributed by atoms with van der Waals surface area (Å²) in [6.45, 7) is 6.31. The van der Waals surface area contributed by atoms with Crippen molar-refractivity contribution >= 4 is 7.98 Å². The second kappa shape index (κ2) is 3.40. The van der Waals surface area contributed by atoms with Crippen molar-refractivity contribution in [3.8, 4) is 0 Å². The van der Waals surface area contributed by atoms with Gasteiger partial charge in [-0.1, -0.05) is 6.92 Å². The Labute approximate surface area is 64.4 Å². The lowest BCUT2D eigenvalue weighted by Crippen LogP contribution is -2.54. The van der Waals surface area contributed by atoms with Crippen molar-refractivity contribution in [3.63, 3.8) is 0 Å². The van der Waals surface area contributed by atoms with Crippen molar-refractivity contribution in [1.29, 1.82) is 0 Å². The molecule has 2 nitrogen and oxygen atoms in total. The number of rotatable bonds is 1. The van der Waals surface area contributed by atoms with E-state index in [1.165, 1.54) is 0 Å². The van der Waals surface area contributed by atoms with E-state index in [1.54, 1.807) is 0 Å². The van der Waals surface area contributed by atoms with E-state index in [0.717, 1.165) is 19.5 Å². The molecule has 0 aromatic heterocycles. The van der Waals surface area contributed by atoms with Crippen LogP contribution in [0.25, 0.3) is 0 Å². The molecule has 1 heterocycles. The van der Waals surface area contributed by atoms with Crippen molar-refractivity contribution in [2.24, 2.45) is 0 Å². The van der Waals surface area contributed by atoms with Crippen LogP contribution in [-0.4, -0.2) is 38.0 Å². The van der Waals surface area contributed by atoms with Crippen LogP contribution >= 0.6 is 0 Å². The molecule has 0 bridgehead atoms. The largest absolute Gasteiger partial charge is 0.351 e. The highest BCUT2D eigenvalue weighted by atomic mass is 15.2. The molecule has 1 N–H and O–H groups in total. The molecule has 3 heteroatoms. The zero-order valence-corrected chi connectivity index (χ0v) is 6.80. The van der Waals surface area contributed by atoms with E-state index in [4.69, 9.17) is 7.98 Å². The van der Waals surface area contributed by atoms with Gasteiger partial charge in [-0.25, -0.2) is 0 Å². The minimum atomic E-state index is 0.545. The average molecular weight is 138 g/mol. The van der Waals surface area contributed by atoms with Gasteiger partial charge in [0.25, 0.3) is 0 Å². The van der Waals surface area contributed by atoms with Crippen molar-refractivity contribution in [1.82, 2.24) is 10.1 Å². The fourth-order valence-corrected chi connectivity index (χ4v) is 1.46. The Morgan fingerprint density at radius 1 is 1.60 bits per heavy atom. The van der Waals surface area contributed by atoms with Gasteiger partial charge < -0.3 is 10.1 Å². The molecule has 0 unspecified atom stereocenters. The smallest absolute Gasteiger partial charge is 0.182 e. The fraction of sp³-hybridized carbons (Fsp3) is 1.00. The predicted octanol–water partition coefficient (Wildman–Crippen LogP) is 0.142. The molecule has 1 saturated heterocycles. The van der Waals surface area contributed by atoms with E-state index in [-0.39, 0.29) is 0 Å². The summed E-state index contributed by atoms with van der Waals surface area (Å²) in [6.07, 6.45) is 1.16. The predicted molar refractivity (Wildman–Crippen MR) is 44.0 cm³/mol. The van der Waals surface area contributed by atoms with E-state index in [1.807, 2.05) is 4.81 Å². The molecule has 1 aliphatic rings. The maximum Gasteiger partial charge on any atom is 0.182 e. The Morgan fingerprint density at radius 2 is 2.30 bits per heavy atom. The molecule has 0 amide bonds. The van der Waals surface area contributed by atoms with Gasteiger partial charge in [0, 0.05) is 25.2 Å². The molecule has 1 fully saturated rings. The summed E-state index contributed by atoms with van der Waals surface area (Å²) in [7, 11) is 5.68. The minimum Gasteiger partial charge on any atom is -0.351 e. The first-order chi connectivity index (χ1) is 4.72. The fourth-order valence-electron chi connectivity index (χ4n) is 1.46. The standard InChI is InChI=1S/C7H15BN2/c1-3-7-5-10(8)4-6(2)9-7/h6-7,9H,3-5H2,1-2H3/t6-,7-/m0/s1. The Kier molecular flexibility index (Phi) is 2.75. The first kappa shape index (κ1) is 8.09. The second-order valence-electron chi connectivity index (χ2n) is 3.13. The van der Waals surface area contributed by atoms with Crippen LogP contribution in [-0.2, 0) is 0 Å². The molecule has 56 valence electrons. The van der Waals surface area contributed by atoms with Crippen molar-refractivity contribution in [2.45, 2.75) is 32.4 Å². The minimum absolute atomic E-state index is 0.545. The summed E-state index contributed by atoms with van der Waals surface area (Å²) in [6, 6.07) is 1.14. The van der Waals surface area contributed by atoms with Crippen LogP contribution in [0.3, 0.4) is 0 Å². The van der Waals surface area contributed by atoms with Gasteiger partial charge in [-0.3, -0.25) is 0 Å². The van der Waals surface area contributed by atoms with Gasteiger partial charge >= 0.3 is 0 Å². The third-order valence-corrected chi connectivity index (χ3v) is 1.98. The van der Waals surface area contributed by atoms with Gasteiger partial charge in [0.15, 0.2) is 7.98 Å². The molecule has 2 atom stereocenters. The summed E-state index contributed by atoms with van der Waals surface area (Å²) in [5, 5.41) is 3.47. The first-order valence-electron chi connectivity index (χ1n) is 3.98. The Bertz CT molecular complexity index is 97.8. The van der Waals surface area contributed by atoms with Gasteiger partial charge in [0.1, 0.15) is 0 Å². The van der Waals surface area contributed by atoms with E-state index in [9.17, 15) is 0 Å². The monoisotopic (exact) mass is 138 g/mol. The lowest BCUT2D eigenvalue weighted by Gasteiger charge is -2.35. The normalized spacial score (nSPS) is 36.2. The molecule has 0 saturated carbocycles. The molecule has 1 rings (SSSR count). The topological polar surface area (TPSA) is 15.3 Å². The molecule has 1 aliphatic heterocycles. The molecular weight excluding hydrogens is 123 g/mol. The van der Waals surface area contributed by atoms with Crippen LogP contribution in [0, 0.1) is 0 Å². The number of hydrogen-bond acceptors (Lipinski definition) is 2. The van der Waals surface area contributed by atoms with Crippen LogP contribution in [0.2, 0.25) is 0 Å². The molecule has 2 radical (unpaired) electrons. The van der Waals surface area contributed by atoms with Crippen LogP contribution in [0.1, 0.15) is 20.3 Å². The zero-order chi connectivity index (χ0) is 7.56. The van der Waals surface area contributed by atoms with Gasteiger partial charge in [-0.15, -0.1) is 0 Å². The van der Waals surface area contributed by atoms with Gasteiger partial charge in [-0.2, -0.15) is 0 Å². The van der Waals surface area contributed by atoms with Crippen molar-refractivity contribution in [2.75, 3.05) is 13.1 Å². The first-order valence-corrected chi connectivity index (χ1v) is 3.98.